The quantitative estimate of drug-likeness (QED) is 0.578. The van der Waals surface area contributed by atoms with Gasteiger partial charge in [-0.2, -0.15) is 0 Å². The van der Waals surface area contributed by atoms with E-state index in [1.54, 1.807) is 0 Å². The number of nitro groups is 1. The average molecular weight is 413 g/mol. The number of hydrogen-bond acceptors (Lipinski definition) is 5. The Morgan fingerprint density at radius 1 is 1.18 bits per heavy atom. The lowest BCUT2D eigenvalue weighted by molar-refractivity contribution is -0.384. The number of benzene rings is 2. The smallest absolute Gasteiger partial charge is 0.271 e. The highest BCUT2D eigenvalue weighted by molar-refractivity contribution is 7.92. The van der Waals surface area contributed by atoms with Crippen LogP contribution in [0.4, 0.5) is 25.8 Å². The largest absolute Gasteiger partial charge is 0.324 e. The molecule has 0 aromatic heterocycles. The van der Waals surface area contributed by atoms with Crippen molar-refractivity contribution in [1.82, 2.24) is 0 Å². The van der Waals surface area contributed by atoms with Gasteiger partial charge in [0.1, 0.15) is 6.04 Å². The van der Waals surface area contributed by atoms with Gasteiger partial charge in [0, 0.05) is 23.9 Å². The first kappa shape index (κ1) is 21.2. The maximum Gasteiger partial charge on any atom is 0.271 e. The number of sulfonamides is 1. The molecule has 1 N–H and O–H groups in total. The van der Waals surface area contributed by atoms with Crippen molar-refractivity contribution in [2.24, 2.45) is 0 Å². The summed E-state index contributed by atoms with van der Waals surface area (Å²) in [5, 5.41) is 13.3. The van der Waals surface area contributed by atoms with E-state index in [1.165, 1.54) is 26.0 Å². The fourth-order valence-electron chi connectivity index (χ4n) is 2.55. The number of anilines is 2. The average Bonchev–Trinajstić information content (AvgIpc) is 2.58. The Labute approximate surface area is 160 Å². The molecule has 28 heavy (non-hydrogen) atoms. The molecule has 1 atom stereocenters. The van der Waals surface area contributed by atoms with Gasteiger partial charge in [-0.25, -0.2) is 17.2 Å². The van der Waals surface area contributed by atoms with Crippen LogP contribution >= 0.6 is 0 Å². The lowest BCUT2D eigenvalue weighted by Gasteiger charge is -2.29. The molecule has 0 unspecified atom stereocenters. The molecule has 0 radical (unpaired) electrons. The van der Waals surface area contributed by atoms with E-state index >= 15 is 0 Å². The molecule has 0 saturated heterocycles. The molecular weight excluding hydrogens is 396 g/mol. The molecule has 0 spiro atoms. The van der Waals surface area contributed by atoms with Crippen LogP contribution in [0.15, 0.2) is 36.4 Å². The van der Waals surface area contributed by atoms with Crippen LogP contribution in [-0.4, -0.2) is 31.5 Å². The van der Waals surface area contributed by atoms with Crippen LogP contribution in [-0.2, 0) is 14.8 Å². The molecule has 2 aromatic carbocycles. The molecule has 0 heterocycles. The summed E-state index contributed by atoms with van der Waals surface area (Å²) < 4.78 is 51.7. The third-order valence-electron chi connectivity index (χ3n) is 3.92. The fraction of sp³-hybridized carbons (Fsp3) is 0.235. The highest BCUT2D eigenvalue weighted by Crippen LogP contribution is 2.29. The second kappa shape index (κ2) is 7.89. The van der Waals surface area contributed by atoms with E-state index in [0.717, 1.165) is 34.8 Å². The molecule has 0 aliphatic heterocycles. The predicted octanol–water partition coefficient (Wildman–Crippen LogP) is 2.97. The van der Waals surface area contributed by atoms with Crippen molar-refractivity contribution in [3.63, 3.8) is 0 Å². The molecule has 2 aromatic rings. The summed E-state index contributed by atoms with van der Waals surface area (Å²) >= 11 is 0. The number of rotatable bonds is 6. The van der Waals surface area contributed by atoms with Crippen LogP contribution in [0.3, 0.4) is 0 Å². The zero-order valence-electron chi connectivity index (χ0n) is 15.1. The van der Waals surface area contributed by atoms with Crippen molar-refractivity contribution in [2.45, 2.75) is 19.9 Å². The highest BCUT2D eigenvalue weighted by atomic mass is 32.2. The van der Waals surface area contributed by atoms with E-state index in [0.29, 0.717) is 5.56 Å². The zero-order valence-corrected chi connectivity index (χ0v) is 16.0. The van der Waals surface area contributed by atoms with Crippen LogP contribution < -0.4 is 9.62 Å². The monoisotopic (exact) mass is 413 g/mol. The van der Waals surface area contributed by atoms with Gasteiger partial charge >= 0.3 is 0 Å². The highest BCUT2D eigenvalue weighted by Gasteiger charge is 2.31. The van der Waals surface area contributed by atoms with Crippen LogP contribution in [0.25, 0.3) is 0 Å². The zero-order chi connectivity index (χ0) is 21.2. The van der Waals surface area contributed by atoms with Gasteiger partial charge < -0.3 is 5.32 Å². The molecule has 0 fully saturated rings. The number of carbonyl (C=O) groups excluding carboxylic acids is 1. The van der Waals surface area contributed by atoms with Gasteiger partial charge in [0.15, 0.2) is 11.6 Å². The number of hydrogen-bond donors (Lipinski definition) is 1. The number of nitro benzene ring substituents is 1. The maximum absolute atomic E-state index is 13.3. The summed E-state index contributed by atoms with van der Waals surface area (Å²) in [4.78, 5) is 22.9. The predicted molar refractivity (Wildman–Crippen MR) is 99.6 cm³/mol. The molecule has 150 valence electrons. The van der Waals surface area contributed by atoms with E-state index in [9.17, 15) is 32.1 Å². The third kappa shape index (κ3) is 4.60. The Bertz CT molecular complexity index is 1040. The molecule has 0 saturated carbocycles. The molecule has 2 rings (SSSR count). The first-order valence-electron chi connectivity index (χ1n) is 7.92. The van der Waals surface area contributed by atoms with Crippen molar-refractivity contribution >= 4 is 33.0 Å². The number of amides is 1. The van der Waals surface area contributed by atoms with E-state index in [-0.39, 0.29) is 17.1 Å². The van der Waals surface area contributed by atoms with Crippen molar-refractivity contribution < 1.29 is 26.9 Å². The number of carbonyl (C=O) groups is 1. The number of nitrogens with one attached hydrogen (secondary N) is 1. The molecule has 11 heteroatoms. The summed E-state index contributed by atoms with van der Waals surface area (Å²) in [6.45, 7) is 2.81. The Morgan fingerprint density at radius 2 is 1.82 bits per heavy atom. The van der Waals surface area contributed by atoms with Gasteiger partial charge in [0.05, 0.1) is 16.9 Å². The molecule has 0 aliphatic rings. The van der Waals surface area contributed by atoms with Crippen molar-refractivity contribution in [2.75, 3.05) is 15.9 Å². The van der Waals surface area contributed by atoms with Gasteiger partial charge in [-0.1, -0.05) is 6.07 Å². The minimum Gasteiger partial charge on any atom is -0.324 e. The van der Waals surface area contributed by atoms with E-state index in [4.69, 9.17) is 0 Å². The van der Waals surface area contributed by atoms with Crippen molar-refractivity contribution in [1.29, 1.82) is 0 Å². The minimum absolute atomic E-state index is 0.0374. The van der Waals surface area contributed by atoms with E-state index in [1.807, 2.05) is 0 Å². The van der Waals surface area contributed by atoms with Gasteiger partial charge in [0.2, 0.25) is 15.9 Å². The normalized spacial score (nSPS) is 12.3. The Kier molecular flexibility index (Phi) is 5.98. The third-order valence-corrected chi connectivity index (χ3v) is 5.14. The minimum atomic E-state index is -4.02. The molecule has 8 nitrogen and oxygen atoms in total. The molecule has 0 bridgehead atoms. The SMILES string of the molecule is Cc1ccc([N+](=O)[O-])cc1N([C@@H](C)C(=O)Nc1ccc(F)c(F)c1)S(C)(=O)=O. The maximum atomic E-state index is 13.3. The van der Waals surface area contributed by atoms with Gasteiger partial charge in [-0.15, -0.1) is 0 Å². The molecule has 0 aliphatic carbocycles. The van der Waals surface area contributed by atoms with E-state index in [2.05, 4.69) is 5.32 Å². The second-order valence-corrected chi connectivity index (χ2v) is 7.94. The first-order chi connectivity index (χ1) is 12.9. The van der Waals surface area contributed by atoms with Crippen LogP contribution in [0.2, 0.25) is 0 Å². The number of aryl methyl sites for hydroxylation is 1. The Balaban J connectivity index is 2.43. The van der Waals surface area contributed by atoms with Gasteiger partial charge in [0.25, 0.3) is 5.69 Å². The summed E-state index contributed by atoms with van der Waals surface area (Å²) in [7, 11) is -4.02. The summed E-state index contributed by atoms with van der Waals surface area (Å²) in [5.41, 5.74) is -0.0597. The van der Waals surface area contributed by atoms with Crippen LogP contribution in [0.1, 0.15) is 12.5 Å². The van der Waals surface area contributed by atoms with Crippen LogP contribution in [0, 0.1) is 28.7 Å². The van der Waals surface area contributed by atoms with Gasteiger partial charge in [-0.3, -0.25) is 19.2 Å². The fourth-order valence-corrected chi connectivity index (χ4v) is 3.77. The lowest BCUT2D eigenvalue weighted by atomic mass is 10.1. The number of non-ortho nitro benzene ring substituents is 1. The molecule has 1 amide bonds. The second-order valence-electron chi connectivity index (χ2n) is 6.08. The topological polar surface area (TPSA) is 110 Å². The summed E-state index contributed by atoms with van der Waals surface area (Å²) in [6.07, 6.45) is 0.854. The standard InChI is InChI=1S/C17H17F2N3O5S/c1-10-4-6-13(22(24)25)9-16(10)21(28(3,26)27)11(2)17(23)20-12-5-7-14(18)15(19)8-12/h4-9,11H,1-3H3,(H,20,23)/t11-/m0/s1. The van der Waals surface area contributed by atoms with Crippen molar-refractivity contribution in [3.05, 3.63) is 63.7 Å². The summed E-state index contributed by atoms with van der Waals surface area (Å²) in [5.74, 6) is -3.11. The number of nitrogens with zero attached hydrogens (tertiary/aromatic N) is 2. The number of halogens is 2. The Morgan fingerprint density at radius 3 is 2.36 bits per heavy atom. The molecular formula is C17H17F2N3O5S. The Hall–Kier alpha value is -3.08. The lowest BCUT2D eigenvalue weighted by Crippen LogP contribution is -2.45. The first-order valence-corrected chi connectivity index (χ1v) is 9.77. The summed E-state index contributed by atoms with van der Waals surface area (Å²) in [6, 6.07) is 4.99. The van der Waals surface area contributed by atoms with Gasteiger partial charge in [-0.05, 0) is 31.5 Å². The van der Waals surface area contributed by atoms with Crippen molar-refractivity contribution in [3.8, 4) is 0 Å². The van der Waals surface area contributed by atoms with Crippen LogP contribution in [0.5, 0.6) is 0 Å². The van der Waals surface area contributed by atoms with E-state index < -0.39 is 38.5 Å².